The Morgan fingerprint density at radius 3 is 2.40 bits per heavy atom. The minimum Gasteiger partial charge on any atom is -0.386 e. The number of nitrogens with one attached hydrogen (secondary N) is 4. The van der Waals surface area contributed by atoms with Crippen molar-refractivity contribution in [2.75, 3.05) is 93.7 Å². The molecule has 5 rings (SSSR count). The molecule has 2 saturated heterocycles. The minimum absolute atomic E-state index is 0.380. The summed E-state index contributed by atoms with van der Waals surface area (Å²) >= 11 is 6.46. The molecule has 3 heterocycles. The van der Waals surface area contributed by atoms with Gasteiger partial charge in [-0.2, -0.15) is 4.98 Å². The normalized spacial score (nSPS) is 17.2. The third-order valence-electron chi connectivity index (χ3n) is 8.34. The average Bonchev–Trinajstić information content (AvgIpc) is 3.02. The highest BCUT2D eigenvalue weighted by Gasteiger charge is 2.27. The zero-order valence-electron chi connectivity index (χ0n) is 25.7. The smallest absolute Gasteiger partial charge is 0.229 e. The van der Waals surface area contributed by atoms with Crippen molar-refractivity contribution >= 4 is 58.6 Å². The zero-order chi connectivity index (χ0) is 30.4. The summed E-state index contributed by atoms with van der Waals surface area (Å²) in [5, 5.41) is 14.5. The third-order valence-corrected chi connectivity index (χ3v) is 10.2. The van der Waals surface area contributed by atoms with Gasteiger partial charge in [-0.3, -0.25) is 9.80 Å². The van der Waals surface area contributed by atoms with Gasteiger partial charge in [-0.25, -0.2) is 4.98 Å². The van der Waals surface area contributed by atoms with Crippen LogP contribution in [0, 0.1) is 0 Å². The van der Waals surface area contributed by atoms with E-state index in [0.29, 0.717) is 22.8 Å². The van der Waals surface area contributed by atoms with E-state index in [-0.39, 0.29) is 0 Å². The lowest BCUT2D eigenvalue weighted by atomic mass is 10.0. The molecule has 232 valence electrons. The number of rotatable bonds is 11. The fourth-order valence-corrected chi connectivity index (χ4v) is 7.20. The summed E-state index contributed by atoms with van der Waals surface area (Å²) in [6, 6.07) is 14.6. The summed E-state index contributed by atoms with van der Waals surface area (Å²) in [6.45, 7) is 14.4. The van der Waals surface area contributed by atoms with Crippen molar-refractivity contribution in [3.63, 3.8) is 0 Å². The maximum absolute atomic E-state index is 12.8. The number of hydrogen-bond acceptors (Lipinski definition) is 10. The lowest BCUT2D eigenvalue weighted by molar-refractivity contribution is 0.0809. The van der Waals surface area contributed by atoms with E-state index in [2.05, 4.69) is 71.1 Å². The van der Waals surface area contributed by atoms with E-state index in [1.54, 1.807) is 19.5 Å². The first-order chi connectivity index (χ1) is 20.7. The van der Waals surface area contributed by atoms with Crippen LogP contribution < -0.4 is 31.5 Å². The lowest BCUT2D eigenvalue weighted by Crippen LogP contribution is -2.54. The molecule has 2 aliphatic heterocycles. The first-order valence-electron chi connectivity index (χ1n) is 15.2. The van der Waals surface area contributed by atoms with Crippen LogP contribution in [-0.2, 0) is 4.57 Å². The molecule has 43 heavy (non-hydrogen) atoms. The molecule has 0 saturated carbocycles. The number of piperidine rings is 1. The van der Waals surface area contributed by atoms with Crippen molar-refractivity contribution in [2.24, 2.45) is 0 Å². The quantitative estimate of drug-likeness (QED) is 0.216. The van der Waals surface area contributed by atoms with E-state index in [9.17, 15) is 4.57 Å². The Morgan fingerprint density at radius 2 is 1.70 bits per heavy atom. The molecule has 0 amide bonds. The van der Waals surface area contributed by atoms with Crippen LogP contribution in [0.1, 0.15) is 19.8 Å². The number of benzene rings is 2. The van der Waals surface area contributed by atoms with Gasteiger partial charge >= 0.3 is 0 Å². The predicted octanol–water partition coefficient (Wildman–Crippen LogP) is 5.06. The number of aromatic nitrogens is 2. The van der Waals surface area contributed by atoms with Crippen LogP contribution in [-0.4, -0.2) is 98.7 Å². The average molecular weight is 626 g/mol. The molecule has 10 nitrogen and oxygen atoms in total. The Balaban J connectivity index is 1.22. The van der Waals surface area contributed by atoms with Gasteiger partial charge in [-0.15, -0.1) is 0 Å². The van der Waals surface area contributed by atoms with Crippen LogP contribution in [0.2, 0.25) is 5.02 Å². The molecule has 0 radical (unpaired) electrons. The second kappa shape index (κ2) is 14.3. The molecule has 0 unspecified atom stereocenters. The Morgan fingerprint density at radius 1 is 0.953 bits per heavy atom. The number of anilines is 6. The topological polar surface area (TPSA) is 101 Å². The number of piperazine rings is 1. The summed E-state index contributed by atoms with van der Waals surface area (Å²) in [7, 11) is -0.579. The van der Waals surface area contributed by atoms with Crippen molar-refractivity contribution < 1.29 is 4.57 Å². The predicted molar refractivity (Wildman–Crippen MR) is 182 cm³/mol. The molecule has 0 atom stereocenters. The molecule has 0 aliphatic carbocycles. The van der Waals surface area contributed by atoms with Gasteiger partial charge in [0.25, 0.3) is 0 Å². The van der Waals surface area contributed by atoms with Crippen molar-refractivity contribution in [1.29, 1.82) is 0 Å². The van der Waals surface area contributed by atoms with Crippen LogP contribution in [0.5, 0.6) is 0 Å². The number of halogens is 1. The van der Waals surface area contributed by atoms with Gasteiger partial charge in [0.05, 0.1) is 23.3 Å². The fraction of sp³-hybridized carbons (Fsp3) is 0.484. The molecule has 2 aliphatic rings. The largest absolute Gasteiger partial charge is 0.386 e. The van der Waals surface area contributed by atoms with Gasteiger partial charge in [0.1, 0.15) is 12.2 Å². The minimum atomic E-state index is -2.50. The Kier molecular flexibility index (Phi) is 10.5. The standard InChI is InChI=1S/C31H45ClN9OP/c1-5-34-22-39-16-18-41(19-17-39)23-12-14-40(15-13-23)24-10-11-26(28(20-24)33-2)37-31-35-21-25(32)30(38-31)36-27-8-6-7-9-29(27)43(3,4)42/h6-11,20-21,23,33-34H,5,12-19,22H2,1-4H3,(H2,35,36,37,38). The molecular formula is C31H45ClN9OP. The Labute approximate surface area is 261 Å². The van der Waals surface area contributed by atoms with Crippen LogP contribution in [0.15, 0.2) is 48.7 Å². The van der Waals surface area contributed by atoms with Gasteiger partial charge in [0.2, 0.25) is 5.95 Å². The molecule has 0 bridgehead atoms. The van der Waals surface area contributed by atoms with Crippen LogP contribution in [0.25, 0.3) is 0 Å². The first kappa shape index (κ1) is 31.5. The van der Waals surface area contributed by atoms with Gasteiger partial charge in [-0.05, 0) is 63.0 Å². The fourth-order valence-electron chi connectivity index (χ4n) is 5.90. The number of hydrogen-bond donors (Lipinski definition) is 4. The summed E-state index contributed by atoms with van der Waals surface area (Å²) < 4.78 is 12.8. The summed E-state index contributed by atoms with van der Waals surface area (Å²) in [5.41, 5.74) is 3.77. The van der Waals surface area contributed by atoms with Crippen molar-refractivity contribution in [2.45, 2.75) is 25.8 Å². The maximum atomic E-state index is 12.8. The van der Waals surface area contributed by atoms with Crippen molar-refractivity contribution in [1.82, 2.24) is 25.1 Å². The van der Waals surface area contributed by atoms with E-state index in [1.807, 2.05) is 31.3 Å². The third kappa shape index (κ3) is 7.99. The Hall–Kier alpha value is -2.88. The molecule has 4 N–H and O–H groups in total. The van der Waals surface area contributed by atoms with E-state index < -0.39 is 7.14 Å². The molecule has 12 heteroatoms. The number of para-hydroxylation sites is 1. The monoisotopic (exact) mass is 625 g/mol. The van der Waals surface area contributed by atoms with Crippen LogP contribution >= 0.6 is 18.7 Å². The van der Waals surface area contributed by atoms with Gasteiger partial charge < -0.3 is 30.7 Å². The lowest BCUT2D eigenvalue weighted by Gasteiger charge is -2.43. The number of nitrogens with zero attached hydrogens (tertiary/aromatic N) is 5. The summed E-state index contributed by atoms with van der Waals surface area (Å²) in [5.74, 6) is 0.862. The van der Waals surface area contributed by atoms with Crippen LogP contribution in [0.4, 0.5) is 34.5 Å². The molecule has 2 fully saturated rings. The van der Waals surface area contributed by atoms with Crippen LogP contribution in [0.3, 0.4) is 0 Å². The highest BCUT2D eigenvalue weighted by atomic mass is 35.5. The van der Waals surface area contributed by atoms with E-state index in [1.165, 1.54) is 18.5 Å². The maximum Gasteiger partial charge on any atom is 0.229 e. The second-order valence-electron chi connectivity index (χ2n) is 11.6. The van der Waals surface area contributed by atoms with Crippen molar-refractivity contribution in [3.05, 3.63) is 53.7 Å². The first-order valence-corrected chi connectivity index (χ1v) is 18.2. The molecule has 1 aromatic heterocycles. The SMILES string of the molecule is CCNCN1CCN(C2CCN(c3ccc(Nc4ncc(Cl)c(Nc5ccccc5P(C)(C)=O)n4)c(NC)c3)CC2)CC1. The Bertz CT molecular complexity index is 1420. The molecule has 3 aromatic rings. The van der Waals surface area contributed by atoms with E-state index in [4.69, 9.17) is 11.6 Å². The van der Waals surface area contributed by atoms with E-state index in [0.717, 1.165) is 74.8 Å². The van der Waals surface area contributed by atoms with Gasteiger partial charge in [-0.1, -0.05) is 30.7 Å². The molecule has 2 aromatic carbocycles. The highest BCUT2D eigenvalue weighted by Crippen LogP contribution is 2.39. The molecule has 0 spiro atoms. The van der Waals surface area contributed by atoms with E-state index >= 15 is 0 Å². The van der Waals surface area contributed by atoms with Gasteiger partial charge in [0, 0.05) is 70.0 Å². The second-order valence-corrected chi connectivity index (χ2v) is 15.2. The van der Waals surface area contributed by atoms with Gasteiger partial charge in [0.15, 0.2) is 5.82 Å². The summed E-state index contributed by atoms with van der Waals surface area (Å²) in [4.78, 5) is 16.8. The zero-order valence-corrected chi connectivity index (χ0v) is 27.4. The summed E-state index contributed by atoms with van der Waals surface area (Å²) in [6.07, 6.45) is 3.94. The molecular weight excluding hydrogens is 581 g/mol. The highest BCUT2D eigenvalue weighted by molar-refractivity contribution is 7.70. The van der Waals surface area contributed by atoms with Crippen molar-refractivity contribution in [3.8, 4) is 0 Å².